The van der Waals surface area contributed by atoms with Crippen molar-refractivity contribution in [1.29, 1.82) is 0 Å². The van der Waals surface area contributed by atoms with Gasteiger partial charge in [-0.25, -0.2) is 0 Å². The van der Waals surface area contributed by atoms with Crippen LogP contribution >= 0.6 is 0 Å². The minimum absolute atomic E-state index is 0.0792. The van der Waals surface area contributed by atoms with E-state index < -0.39 is 0 Å². The molecule has 9 aliphatic heterocycles. The number of para-hydroxylation sites is 2. The summed E-state index contributed by atoms with van der Waals surface area (Å²) in [4.78, 5) is 11.6. The number of nitrogens with zero attached hydrogens (tertiary/aromatic N) is 4. The molecule has 13 rings (SSSR count). The van der Waals surface area contributed by atoms with E-state index in [0.717, 1.165) is 26.3 Å². The Hall–Kier alpha value is -2.64. The molecule has 0 unspecified atom stereocenters. The number of rotatable bonds is 0. The van der Waals surface area contributed by atoms with Crippen LogP contribution in [-0.2, 0) is 20.3 Å². The second-order valence-corrected chi connectivity index (χ2v) is 16.1. The largest absolute Gasteiger partial charge is 0.354 e. The third kappa shape index (κ3) is 2.28. The van der Waals surface area contributed by atoms with E-state index in [4.69, 9.17) is 9.47 Å². The minimum atomic E-state index is 0.0792. The van der Waals surface area contributed by atoms with Crippen LogP contribution in [0, 0.1) is 23.7 Å². The Morgan fingerprint density at radius 1 is 0.614 bits per heavy atom. The molecule has 2 aromatic rings. The normalized spacial score (nSPS) is 49.4. The van der Waals surface area contributed by atoms with Gasteiger partial charge in [0.05, 0.1) is 25.3 Å². The first-order chi connectivity index (χ1) is 21.8. The van der Waals surface area contributed by atoms with Crippen molar-refractivity contribution in [1.82, 2.24) is 9.80 Å². The topological polar surface area (TPSA) is 31.4 Å². The molecule has 6 nitrogen and oxygen atoms in total. The highest BCUT2D eigenvalue weighted by molar-refractivity contribution is 5.72. The van der Waals surface area contributed by atoms with Gasteiger partial charge in [-0.05, 0) is 73.9 Å². The zero-order chi connectivity index (χ0) is 28.1. The van der Waals surface area contributed by atoms with Crippen LogP contribution < -0.4 is 9.80 Å². The molecule has 9 heterocycles. The van der Waals surface area contributed by atoms with Crippen molar-refractivity contribution in [2.45, 2.75) is 73.1 Å². The van der Waals surface area contributed by atoms with Crippen molar-refractivity contribution in [3.63, 3.8) is 0 Å². The highest BCUT2D eigenvalue weighted by atomic mass is 16.5. The van der Waals surface area contributed by atoms with Crippen molar-refractivity contribution >= 4 is 11.4 Å². The summed E-state index contributed by atoms with van der Waals surface area (Å²) in [5.41, 5.74) is 9.81. The molecule has 5 saturated heterocycles. The number of hydrogen-bond acceptors (Lipinski definition) is 6. The lowest BCUT2D eigenvalue weighted by Crippen LogP contribution is -2.76. The summed E-state index contributed by atoms with van der Waals surface area (Å²) in [6.07, 6.45) is 10.3. The second kappa shape index (κ2) is 7.49. The highest BCUT2D eigenvalue weighted by Gasteiger charge is 2.76. The Bertz CT molecular complexity index is 1610. The van der Waals surface area contributed by atoms with Gasteiger partial charge in [0.25, 0.3) is 0 Å². The molecular weight excluding hydrogens is 544 g/mol. The first-order valence-corrected chi connectivity index (χ1v) is 17.6. The molecule has 12 atom stereocenters. The van der Waals surface area contributed by atoms with Crippen LogP contribution in [0.5, 0.6) is 0 Å². The average molecular weight is 585 g/mol. The smallest absolute Gasteiger partial charge is 0.136 e. The van der Waals surface area contributed by atoms with E-state index in [-0.39, 0.29) is 23.3 Å². The van der Waals surface area contributed by atoms with Crippen LogP contribution in [-0.4, -0.2) is 85.8 Å². The van der Waals surface area contributed by atoms with Gasteiger partial charge >= 0.3 is 0 Å². The molecule has 7 fully saturated rings. The van der Waals surface area contributed by atoms with Crippen LogP contribution in [0.2, 0.25) is 0 Å². The molecule has 0 amide bonds. The summed E-state index contributed by atoms with van der Waals surface area (Å²) in [5.74, 6) is 1.96. The molecule has 2 aliphatic carbocycles. The van der Waals surface area contributed by atoms with Crippen LogP contribution in [0.1, 0.15) is 36.8 Å². The van der Waals surface area contributed by atoms with Gasteiger partial charge in [-0.3, -0.25) is 9.80 Å². The molecule has 11 aliphatic rings. The molecular formula is C38H40N4O2. The van der Waals surface area contributed by atoms with Crippen LogP contribution in [0.25, 0.3) is 0 Å². The lowest BCUT2D eigenvalue weighted by Gasteiger charge is -2.65. The van der Waals surface area contributed by atoms with Crippen molar-refractivity contribution < 1.29 is 9.47 Å². The van der Waals surface area contributed by atoms with Gasteiger partial charge in [-0.1, -0.05) is 59.7 Å². The zero-order valence-corrected chi connectivity index (χ0v) is 25.2. The number of hydrogen-bond donors (Lipinski definition) is 0. The Kier molecular flexibility index (Phi) is 4.03. The molecule has 0 aromatic heterocycles. The first kappa shape index (κ1) is 23.7. The second-order valence-electron chi connectivity index (χ2n) is 16.1. The molecule has 2 aromatic carbocycles. The van der Waals surface area contributed by atoms with Crippen LogP contribution in [0.15, 0.2) is 71.8 Å². The molecule has 0 N–H and O–H groups in total. The van der Waals surface area contributed by atoms with E-state index in [1.807, 2.05) is 0 Å². The summed E-state index contributed by atoms with van der Waals surface area (Å²) >= 11 is 0. The fourth-order valence-electron chi connectivity index (χ4n) is 14.5. The molecule has 2 saturated carbocycles. The highest BCUT2D eigenvalue weighted by Crippen LogP contribution is 2.71. The quantitative estimate of drug-likeness (QED) is 0.431. The molecule has 0 radical (unpaired) electrons. The van der Waals surface area contributed by atoms with Gasteiger partial charge in [-0.2, -0.15) is 0 Å². The Labute approximate surface area is 259 Å². The standard InChI is InChI=1S/C38H40N4O2/c1-3-7-27-25(5-1)37-11-13-39-19-21-10-16-44-36-31(23(21)17-29(37)39)33(37)41(27)35-32-24-18-30-38(12-14-40(30)20-22(24)9-15-43-35)26-6-2-4-8-28(26)42(36)34(32)38/h1-10,23-24,29-36H,11-20H2/t23-,24-,29-,30-,31+,32+,33-,34-,35+,36+,37-,38-/m0/s1. The predicted octanol–water partition coefficient (Wildman–Crippen LogP) is 4.27. The summed E-state index contributed by atoms with van der Waals surface area (Å²) in [7, 11) is 0. The fourth-order valence-corrected chi connectivity index (χ4v) is 14.5. The average Bonchev–Trinajstić information content (AvgIpc) is 3.71. The fraction of sp³-hybridized carbons (Fsp3) is 0.579. The van der Waals surface area contributed by atoms with E-state index in [2.05, 4.69) is 80.3 Å². The predicted molar refractivity (Wildman–Crippen MR) is 168 cm³/mol. The molecule has 6 heteroatoms. The van der Waals surface area contributed by atoms with Gasteiger partial charge in [0, 0.05) is 59.2 Å². The minimum Gasteiger partial charge on any atom is -0.354 e. The van der Waals surface area contributed by atoms with Crippen molar-refractivity contribution in [2.24, 2.45) is 23.7 Å². The van der Waals surface area contributed by atoms with Crippen molar-refractivity contribution in [3.8, 4) is 0 Å². The van der Waals surface area contributed by atoms with Gasteiger partial charge < -0.3 is 19.3 Å². The zero-order valence-electron chi connectivity index (χ0n) is 25.2. The SMILES string of the molecule is C1=C2CN3CC[C@@]45c6ccccc6N6[C@@H]7OCC=C8CN9CC[C@@]%10%11c%12ccccc%12N([C@H](OC1)[C@@H]([C@H]64)[C@H]2C[C@H]35)[C@H]%10[C@H]7[C@H]8C[C@H]9%11. The maximum absolute atomic E-state index is 7.36. The molecule has 44 heavy (non-hydrogen) atoms. The summed E-state index contributed by atoms with van der Waals surface area (Å²) in [6, 6.07) is 21.3. The van der Waals surface area contributed by atoms with Gasteiger partial charge in [-0.15, -0.1) is 0 Å². The van der Waals surface area contributed by atoms with Crippen molar-refractivity contribution in [2.75, 3.05) is 49.2 Å². The monoisotopic (exact) mass is 584 g/mol. The van der Waals surface area contributed by atoms with E-state index in [0.29, 0.717) is 47.8 Å². The lowest BCUT2D eigenvalue weighted by molar-refractivity contribution is -0.105. The van der Waals surface area contributed by atoms with Crippen LogP contribution in [0.4, 0.5) is 11.4 Å². The maximum Gasteiger partial charge on any atom is 0.136 e. The molecule has 4 bridgehead atoms. The van der Waals surface area contributed by atoms with Gasteiger partial charge in [0.1, 0.15) is 12.5 Å². The Balaban J connectivity index is 1.15. The van der Waals surface area contributed by atoms with E-state index in [1.54, 1.807) is 22.3 Å². The summed E-state index contributed by atoms with van der Waals surface area (Å²) in [6.45, 7) is 6.18. The van der Waals surface area contributed by atoms with E-state index in [9.17, 15) is 0 Å². The third-order valence-corrected chi connectivity index (χ3v) is 15.5. The maximum atomic E-state index is 7.36. The lowest BCUT2D eigenvalue weighted by atomic mass is 9.52. The summed E-state index contributed by atoms with van der Waals surface area (Å²) in [5, 5.41) is 0. The Morgan fingerprint density at radius 2 is 1.09 bits per heavy atom. The van der Waals surface area contributed by atoms with Crippen molar-refractivity contribution in [3.05, 3.63) is 83.0 Å². The molecule has 224 valence electrons. The summed E-state index contributed by atoms with van der Waals surface area (Å²) < 4.78 is 14.7. The van der Waals surface area contributed by atoms with E-state index in [1.165, 1.54) is 50.1 Å². The third-order valence-electron chi connectivity index (χ3n) is 15.5. The van der Waals surface area contributed by atoms with E-state index >= 15 is 0 Å². The number of ether oxygens (including phenoxy) is 2. The van der Waals surface area contributed by atoms with Crippen LogP contribution in [0.3, 0.4) is 0 Å². The molecule has 2 spiro atoms. The van der Waals surface area contributed by atoms with Gasteiger partial charge in [0.15, 0.2) is 0 Å². The van der Waals surface area contributed by atoms with Gasteiger partial charge in [0.2, 0.25) is 0 Å². The number of anilines is 2. The number of piperidine rings is 2. The Morgan fingerprint density at radius 3 is 1.59 bits per heavy atom. The first-order valence-electron chi connectivity index (χ1n) is 17.6. The number of fused-ring (bicyclic) bond motifs is 6. The number of benzene rings is 2.